The number of hydrogen-bond acceptors (Lipinski definition) is 3. The van der Waals surface area contributed by atoms with Crippen LogP contribution in [0.15, 0.2) is 0 Å². The summed E-state index contributed by atoms with van der Waals surface area (Å²) in [6.07, 6.45) is 6.11. The second-order valence-electron chi connectivity index (χ2n) is 3.63. The number of hydrogen-bond donors (Lipinski definition) is 3. The Kier molecular flexibility index (Phi) is 9.87. The molecule has 0 aliphatic heterocycles. The van der Waals surface area contributed by atoms with E-state index in [2.05, 4.69) is 5.32 Å². The van der Waals surface area contributed by atoms with E-state index in [1.54, 1.807) is 0 Å². The molecule has 0 amide bonds. The van der Waals surface area contributed by atoms with Crippen LogP contribution in [0.1, 0.15) is 32.1 Å². The minimum atomic E-state index is 0.708. The highest BCUT2D eigenvalue weighted by molar-refractivity contribution is 4.61. The number of nitrogens with two attached hydrogens (primary N) is 2. The summed E-state index contributed by atoms with van der Waals surface area (Å²) in [6.45, 7) is 2.75. The first-order chi connectivity index (χ1) is 6.35. The zero-order chi connectivity index (χ0) is 9.94. The van der Waals surface area contributed by atoms with E-state index in [-0.39, 0.29) is 0 Å². The predicted octanol–water partition coefficient (Wildman–Crippen LogP) is 0.690. The summed E-state index contributed by atoms with van der Waals surface area (Å²) in [5.74, 6) is 0.708. The zero-order valence-corrected chi connectivity index (χ0v) is 8.89. The van der Waals surface area contributed by atoms with E-state index >= 15 is 0 Å². The minimum Gasteiger partial charge on any atom is -0.330 e. The van der Waals surface area contributed by atoms with Gasteiger partial charge >= 0.3 is 0 Å². The van der Waals surface area contributed by atoms with Crippen molar-refractivity contribution < 1.29 is 0 Å². The van der Waals surface area contributed by atoms with Crippen LogP contribution in [0.3, 0.4) is 0 Å². The van der Waals surface area contributed by atoms with E-state index in [0.717, 1.165) is 26.1 Å². The molecule has 0 aromatic rings. The Morgan fingerprint density at radius 3 is 2.31 bits per heavy atom. The zero-order valence-electron chi connectivity index (χ0n) is 8.89. The van der Waals surface area contributed by atoms with Crippen LogP contribution in [-0.4, -0.2) is 26.7 Å². The Balaban J connectivity index is 3.28. The smallest absolute Gasteiger partial charge is 0.00489 e. The third-order valence-corrected chi connectivity index (χ3v) is 2.44. The summed E-state index contributed by atoms with van der Waals surface area (Å²) in [7, 11) is 1.99. The van der Waals surface area contributed by atoms with E-state index in [1.807, 2.05) is 7.05 Å². The van der Waals surface area contributed by atoms with Crippen molar-refractivity contribution in [1.29, 1.82) is 0 Å². The van der Waals surface area contributed by atoms with Gasteiger partial charge in [-0.2, -0.15) is 0 Å². The van der Waals surface area contributed by atoms with Gasteiger partial charge in [0.25, 0.3) is 0 Å². The Labute approximate surface area is 82.3 Å². The van der Waals surface area contributed by atoms with E-state index in [4.69, 9.17) is 11.5 Å². The van der Waals surface area contributed by atoms with Gasteiger partial charge in [-0.1, -0.05) is 6.42 Å². The molecule has 5 N–H and O–H groups in total. The highest BCUT2D eigenvalue weighted by Gasteiger charge is 2.04. The molecule has 1 atom stereocenters. The molecule has 0 aromatic heterocycles. The van der Waals surface area contributed by atoms with Crippen molar-refractivity contribution in [3.8, 4) is 0 Å². The number of unbranched alkanes of at least 4 members (excludes halogenated alkanes) is 1. The minimum absolute atomic E-state index is 0.708. The number of rotatable bonds is 9. The van der Waals surface area contributed by atoms with Gasteiger partial charge in [0, 0.05) is 0 Å². The molecule has 0 spiro atoms. The van der Waals surface area contributed by atoms with Gasteiger partial charge in [0.2, 0.25) is 0 Å². The third kappa shape index (κ3) is 8.22. The van der Waals surface area contributed by atoms with Crippen molar-refractivity contribution >= 4 is 0 Å². The van der Waals surface area contributed by atoms with Gasteiger partial charge in [-0.15, -0.1) is 0 Å². The van der Waals surface area contributed by atoms with Gasteiger partial charge in [0.15, 0.2) is 0 Å². The summed E-state index contributed by atoms with van der Waals surface area (Å²) >= 11 is 0. The molecule has 0 fully saturated rings. The van der Waals surface area contributed by atoms with E-state index in [1.165, 1.54) is 25.7 Å². The fraction of sp³-hybridized carbons (Fsp3) is 1.00. The van der Waals surface area contributed by atoms with Crippen LogP contribution in [-0.2, 0) is 0 Å². The van der Waals surface area contributed by atoms with Crippen LogP contribution in [0, 0.1) is 5.92 Å². The Bertz CT molecular complexity index is 86.2. The van der Waals surface area contributed by atoms with Crippen LogP contribution in [0.4, 0.5) is 0 Å². The summed E-state index contributed by atoms with van der Waals surface area (Å²) in [6, 6.07) is 0. The lowest BCUT2D eigenvalue weighted by molar-refractivity contribution is 0.425. The number of nitrogens with one attached hydrogen (secondary N) is 1. The normalized spacial score (nSPS) is 13.2. The lowest BCUT2D eigenvalue weighted by Crippen LogP contribution is -2.17. The van der Waals surface area contributed by atoms with Gasteiger partial charge in [-0.05, 0) is 58.3 Å². The largest absolute Gasteiger partial charge is 0.330 e. The van der Waals surface area contributed by atoms with Crippen LogP contribution in [0.2, 0.25) is 0 Å². The molecule has 3 nitrogen and oxygen atoms in total. The molecule has 0 bridgehead atoms. The highest BCUT2D eigenvalue weighted by atomic mass is 14.8. The monoisotopic (exact) mass is 187 g/mol. The summed E-state index contributed by atoms with van der Waals surface area (Å²) in [5.41, 5.74) is 11.1. The molecule has 0 saturated carbocycles. The quantitative estimate of drug-likeness (QED) is 0.465. The van der Waals surface area contributed by atoms with Gasteiger partial charge in [-0.25, -0.2) is 0 Å². The standard InChI is InChI=1S/C10H25N3/c1-13-8-4-6-10(9-12)5-2-3-7-11/h10,13H,2-9,11-12H2,1H3. The lowest BCUT2D eigenvalue weighted by atomic mass is 9.97. The Morgan fingerprint density at radius 1 is 1.08 bits per heavy atom. The predicted molar refractivity (Wildman–Crippen MR) is 58.6 cm³/mol. The van der Waals surface area contributed by atoms with Gasteiger partial charge in [0.05, 0.1) is 0 Å². The Hall–Kier alpha value is -0.120. The average Bonchev–Trinajstić information content (AvgIpc) is 2.16. The molecule has 0 saturated heterocycles. The van der Waals surface area contributed by atoms with E-state index in [9.17, 15) is 0 Å². The topological polar surface area (TPSA) is 64.1 Å². The lowest BCUT2D eigenvalue weighted by Gasteiger charge is -2.13. The molecule has 0 radical (unpaired) electrons. The van der Waals surface area contributed by atoms with Crippen molar-refractivity contribution in [3.05, 3.63) is 0 Å². The van der Waals surface area contributed by atoms with Crippen molar-refractivity contribution in [2.45, 2.75) is 32.1 Å². The molecule has 13 heavy (non-hydrogen) atoms. The van der Waals surface area contributed by atoms with Crippen molar-refractivity contribution in [3.63, 3.8) is 0 Å². The molecule has 1 unspecified atom stereocenters. The van der Waals surface area contributed by atoms with Crippen LogP contribution < -0.4 is 16.8 Å². The first kappa shape index (κ1) is 12.9. The molecule has 0 aromatic carbocycles. The molecule has 0 rings (SSSR count). The maximum absolute atomic E-state index is 5.69. The second kappa shape index (κ2) is 9.96. The molecular weight excluding hydrogens is 162 g/mol. The molecule has 3 heteroatoms. The van der Waals surface area contributed by atoms with Crippen LogP contribution in [0.25, 0.3) is 0 Å². The van der Waals surface area contributed by atoms with Crippen molar-refractivity contribution in [2.24, 2.45) is 17.4 Å². The highest BCUT2D eigenvalue weighted by Crippen LogP contribution is 2.12. The van der Waals surface area contributed by atoms with Gasteiger partial charge in [-0.3, -0.25) is 0 Å². The van der Waals surface area contributed by atoms with E-state index in [0.29, 0.717) is 5.92 Å². The average molecular weight is 187 g/mol. The molecule has 80 valence electrons. The fourth-order valence-corrected chi connectivity index (χ4v) is 1.52. The van der Waals surface area contributed by atoms with Crippen LogP contribution >= 0.6 is 0 Å². The Morgan fingerprint density at radius 2 is 1.77 bits per heavy atom. The first-order valence-electron chi connectivity index (χ1n) is 5.39. The first-order valence-corrected chi connectivity index (χ1v) is 5.39. The second-order valence-corrected chi connectivity index (χ2v) is 3.63. The summed E-state index contributed by atoms with van der Waals surface area (Å²) in [4.78, 5) is 0. The van der Waals surface area contributed by atoms with Crippen molar-refractivity contribution in [2.75, 3.05) is 26.7 Å². The maximum Gasteiger partial charge on any atom is -0.00489 e. The maximum atomic E-state index is 5.69. The van der Waals surface area contributed by atoms with Crippen molar-refractivity contribution in [1.82, 2.24) is 5.32 Å². The summed E-state index contributed by atoms with van der Waals surface area (Å²) < 4.78 is 0. The van der Waals surface area contributed by atoms with Gasteiger partial charge < -0.3 is 16.8 Å². The third-order valence-electron chi connectivity index (χ3n) is 2.44. The SMILES string of the molecule is CNCCCC(CN)CCCCN. The summed E-state index contributed by atoms with van der Waals surface area (Å²) in [5, 5.41) is 3.15. The van der Waals surface area contributed by atoms with Crippen LogP contribution in [0.5, 0.6) is 0 Å². The van der Waals surface area contributed by atoms with Gasteiger partial charge in [0.1, 0.15) is 0 Å². The molecule has 0 aliphatic carbocycles. The van der Waals surface area contributed by atoms with E-state index < -0.39 is 0 Å². The molecule has 0 aliphatic rings. The fourth-order valence-electron chi connectivity index (χ4n) is 1.52. The molecule has 0 heterocycles. The molecular formula is C10H25N3.